The largest absolute Gasteiger partial charge is 0.411 e. The minimum Gasteiger partial charge on any atom is -0.392 e. The number of amides is 1. The van der Waals surface area contributed by atoms with Crippen LogP contribution < -0.4 is 10.5 Å². The Morgan fingerprint density at radius 2 is 2.00 bits per heavy atom. The van der Waals surface area contributed by atoms with Crippen LogP contribution in [-0.2, 0) is 0 Å². The van der Waals surface area contributed by atoms with Gasteiger partial charge in [0.15, 0.2) is 0 Å². The van der Waals surface area contributed by atoms with E-state index in [2.05, 4.69) is 4.98 Å². The Kier molecular flexibility index (Phi) is 4.03. The molecule has 0 bridgehead atoms. The zero-order valence-corrected chi connectivity index (χ0v) is 13.5. The van der Waals surface area contributed by atoms with Crippen molar-refractivity contribution in [3.05, 3.63) is 39.7 Å². The number of aromatic amines is 1. The first-order chi connectivity index (χ1) is 10.0. The molecule has 0 fully saturated rings. The molecule has 2 aromatic heterocycles. The van der Waals surface area contributed by atoms with Gasteiger partial charge in [0.05, 0.1) is 15.1 Å². The molecule has 8 heteroatoms. The number of carbonyl (C=O) groups is 1. The lowest BCUT2D eigenvalue weighted by Crippen LogP contribution is -2.16. The van der Waals surface area contributed by atoms with Gasteiger partial charge in [-0.25, -0.2) is 4.79 Å². The Morgan fingerprint density at radius 3 is 2.67 bits per heavy atom. The zero-order valence-electron chi connectivity index (χ0n) is 10.4. The van der Waals surface area contributed by atoms with Gasteiger partial charge in [0.25, 0.3) is 0 Å². The second kappa shape index (κ2) is 5.81. The number of ether oxygens (including phenoxy) is 1. The highest BCUT2D eigenvalue weighted by Crippen LogP contribution is 2.43. The van der Waals surface area contributed by atoms with Gasteiger partial charge in [0.2, 0.25) is 5.88 Å². The van der Waals surface area contributed by atoms with E-state index in [1.807, 2.05) is 11.4 Å². The van der Waals surface area contributed by atoms with E-state index < -0.39 is 6.09 Å². The van der Waals surface area contributed by atoms with E-state index in [0.717, 1.165) is 20.0 Å². The average Bonchev–Trinajstić information content (AvgIpc) is 2.91. The van der Waals surface area contributed by atoms with Crippen molar-refractivity contribution in [2.75, 3.05) is 0 Å². The summed E-state index contributed by atoms with van der Waals surface area (Å²) in [6, 6.07) is 7.14. The molecule has 0 radical (unpaired) electrons. The molecule has 3 aromatic rings. The number of nitrogens with two attached hydrogens (primary N) is 1. The first kappa shape index (κ1) is 14.6. The van der Waals surface area contributed by atoms with Gasteiger partial charge in [-0.15, -0.1) is 11.3 Å². The molecule has 108 valence electrons. The summed E-state index contributed by atoms with van der Waals surface area (Å²) in [6.07, 6.45) is -0.866. The van der Waals surface area contributed by atoms with Crippen LogP contribution in [0, 0.1) is 0 Å². The zero-order chi connectivity index (χ0) is 15.0. The summed E-state index contributed by atoms with van der Waals surface area (Å²) < 4.78 is 6.00. The third kappa shape index (κ3) is 3.13. The molecule has 0 saturated heterocycles. The summed E-state index contributed by atoms with van der Waals surface area (Å²) in [5, 5.41) is 3.03. The van der Waals surface area contributed by atoms with Crippen LogP contribution in [0.3, 0.4) is 0 Å². The quantitative estimate of drug-likeness (QED) is 0.680. The van der Waals surface area contributed by atoms with Gasteiger partial charge in [-0.3, -0.25) is 0 Å². The van der Waals surface area contributed by atoms with Gasteiger partial charge in [-0.2, -0.15) is 0 Å². The fourth-order valence-corrected chi connectivity index (χ4v) is 4.54. The van der Waals surface area contributed by atoms with E-state index in [9.17, 15) is 4.79 Å². The number of carbonyl (C=O) groups excluding carboxylic acids is 1. The van der Waals surface area contributed by atoms with Gasteiger partial charge in [-0.1, -0.05) is 35.0 Å². The van der Waals surface area contributed by atoms with Crippen molar-refractivity contribution in [2.24, 2.45) is 5.73 Å². The summed E-state index contributed by atoms with van der Waals surface area (Å²) in [7, 11) is 0. The number of halogens is 2. The average molecular weight is 359 g/mol. The predicted molar refractivity (Wildman–Crippen MR) is 87.0 cm³/mol. The number of benzene rings is 1. The fourth-order valence-electron chi connectivity index (χ4n) is 1.84. The van der Waals surface area contributed by atoms with Crippen LogP contribution in [0.2, 0.25) is 10.0 Å². The lowest BCUT2D eigenvalue weighted by atomic mass is 10.4. The minimum absolute atomic E-state index is 0.324. The van der Waals surface area contributed by atoms with Crippen LogP contribution >= 0.6 is 46.3 Å². The third-order valence-corrected chi connectivity index (χ3v) is 5.15. The van der Waals surface area contributed by atoms with Crippen molar-refractivity contribution in [3.63, 3.8) is 0 Å². The van der Waals surface area contributed by atoms with Crippen molar-refractivity contribution in [1.82, 2.24) is 4.98 Å². The van der Waals surface area contributed by atoms with Crippen molar-refractivity contribution in [3.8, 4) is 5.88 Å². The maximum atomic E-state index is 11.0. The number of H-pyrrole nitrogens is 1. The van der Waals surface area contributed by atoms with Crippen LogP contribution in [0.25, 0.3) is 10.2 Å². The number of hydrogen-bond donors (Lipinski definition) is 2. The summed E-state index contributed by atoms with van der Waals surface area (Å²) in [4.78, 5) is 15.7. The number of rotatable bonds is 3. The second-order valence-corrected chi connectivity index (χ2v) is 6.95. The van der Waals surface area contributed by atoms with E-state index in [-0.39, 0.29) is 0 Å². The summed E-state index contributed by atoms with van der Waals surface area (Å²) in [6.45, 7) is 0. The Morgan fingerprint density at radius 1 is 1.29 bits per heavy atom. The molecular formula is C13H8Cl2N2O2S2. The Balaban J connectivity index is 2.05. The van der Waals surface area contributed by atoms with E-state index in [4.69, 9.17) is 33.7 Å². The normalized spacial score (nSPS) is 11.0. The summed E-state index contributed by atoms with van der Waals surface area (Å²) in [5.74, 6) is 0.324. The Hall–Kier alpha value is -1.34. The van der Waals surface area contributed by atoms with E-state index in [1.54, 1.807) is 18.2 Å². The standard InChI is InChI=1S/C13H8Cl2N2O2S2/c14-6-3-7(15)5-8(4-6)21-11-10-9(1-2-20-10)17-12(11)19-13(16)18/h1-5,17H,(H2,16,18). The highest BCUT2D eigenvalue weighted by atomic mass is 35.5. The molecule has 2 heterocycles. The number of fused-ring (bicyclic) bond motifs is 1. The molecule has 0 unspecified atom stereocenters. The predicted octanol–water partition coefficient (Wildman–Crippen LogP) is 5.14. The maximum absolute atomic E-state index is 11.0. The summed E-state index contributed by atoms with van der Waals surface area (Å²) >= 11 is 14.9. The van der Waals surface area contributed by atoms with Gasteiger partial charge < -0.3 is 15.5 Å². The molecule has 21 heavy (non-hydrogen) atoms. The maximum Gasteiger partial charge on any atom is 0.411 e. The number of aromatic nitrogens is 1. The molecule has 1 aromatic carbocycles. The molecule has 3 N–H and O–H groups in total. The monoisotopic (exact) mass is 358 g/mol. The van der Waals surface area contributed by atoms with E-state index in [0.29, 0.717) is 15.9 Å². The molecule has 0 aliphatic heterocycles. The van der Waals surface area contributed by atoms with Crippen LogP contribution in [0.15, 0.2) is 39.4 Å². The molecule has 1 amide bonds. The fraction of sp³-hybridized carbons (Fsp3) is 0. The molecule has 4 nitrogen and oxygen atoms in total. The second-order valence-electron chi connectivity index (χ2n) is 4.07. The molecule has 0 atom stereocenters. The number of primary amides is 1. The highest BCUT2D eigenvalue weighted by molar-refractivity contribution is 7.99. The Labute approximate surface area is 138 Å². The third-order valence-electron chi connectivity index (χ3n) is 2.58. The van der Waals surface area contributed by atoms with Crippen molar-refractivity contribution in [2.45, 2.75) is 9.79 Å². The van der Waals surface area contributed by atoms with Crippen LogP contribution in [0.4, 0.5) is 4.79 Å². The highest BCUT2D eigenvalue weighted by Gasteiger charge is 2.17. The van der Waals surface area contributed by atoms with Gasteiger partial charge >= 0.3 is 6.09 Å². The number of nitrogens with one attached hydrogen (secondary N) is 1. The van der Waals surface area contributed by atoms with Crippen molar-refractivity contribution >= 4 is 62.6 Å². The number of thiophene rings is 1. The van der Waals surface area contributed by atoms with E-state index >= 15 is 0 Å². The smallest absolute Gasteiger partial charge is 0.392 e. The lowest BCUT2D eigenvalue weighted by molar-refractivity contribution is 0.208. The summed E-state index contributed by atoms with van der Waals surface area (Å²) in [5.41, 5.74) is 5.98. The van der Waals surface area contributed by atoms with Gasteiger partial charge in [-0.05, 0) is 29.6 Å². The first-order valence-electron chi connectivity index (χ1n) is 5.73. The molecule has 0 aliphatic rings. The van der Waals surface area contributed by atoms with Crippen LogP contribution in [-0.4, -0.2) is 11.1 Å². The Bertz CT molecular complexity index is 809. The SMILES string of the molecule is NC(=O)Oc1[nH]c2ccsc2c1Sc1cc(Cl)cc(Cl)c1. The molecule has 0 spiro atoms. The number of hydrogen-bond acceptors (Lipinski definition) is 4. The first-order valence-corrected chi connectivity index (χ1v) is 8.18. The van der Waals surface area contributed by atoms with Crippen LogP contribution in [0.5, 0.6) is 5.88 Å². The van der Waals surface area contributed by atoms with Gasteiger partial charge in [0, 0.05) is 14.9 Å². The minimum atomic E-state index is -0.866. The van der Waals surface area contributed by atoms with Crippen molar-refractivity contribution < 1.29 is 9.53 Å². The molecule has 0 saturated carbocycles. The van der Waals surface area contributed by atoms with E-state index in [1.165, 1.54) is 23.1 Å². The molecule has 3 rings (SSSR count). The van der Waals surface area contributed by atoms with Crippen LogP contribution in [0.1, 0.15) is 0 Å². The van der Waals surface area contributed by atoms with Crippen molar-refractivity contribution in [1.29, 1.82) is 0 Å². The van der Waals surface area contributed by atoms with Gasteiger partial charge in [0.1, 0.15) is 0 Å². The topological polar surface area (TPSA) is 68.1 Å². The molecular weight excluding hydrogens is 351 g/mol. The lowest BCUT2D eigenvalue weighted by Gasteiger charge is -2.05. The molecule has 0 aliphatic carbocycles.